The summed E-state index contributed by atoms with van der Waals surface area (Å²) < 4.78 is 4.77. The normalized spacial score (nSPS) is 14.6. The quantitative estimate of drug-likeness (QED) is 0.470. The Labute approximate surface area is 170 Å². The third kappa shape index (κ3) is 3.45. The first-order valence-electron chi connectivity index (χ1n) is 9.46. The van der Waals surface area contributed by atoms with Crippen LogP contribution in [-0.4, -0.2) is 19.0 Å². The average molecular weight is 383 g/mol. The van der Waals surface area contributed by atoms with Crippen molar-refractivity contribution in [1.29, 1.82) is 0 Å². The predicted molar refractivity (Wildman–Crippen MR) is 115 cm³/mol. The number of anilines is 2. The lowest BCUT2D eigenvalue weighted by atomic mass is 9.97. The Morgan fingerprint density at radius 1 is 0.931 bits per heavy atom. The fourth-order valence-corrected chi connectivity index (χ4v) is 3.71. The Kier molecular flexibility index (Phi) is 5.00. The molecule has 1 aliphatic rings. The number of hydrogen-bond donors (Lipinski definition) is 0. The smallest absolute Gasteiger partial charge is 0.309 e. The minimum Gasteiger partial charge on any atom is -0.469 e. The lowest BCUT2D eigenvalue weighted by Gasteiger charge is -2.18. The summed E-state index contributed by atoms with van der Waals surface area (Å²) in [5.74, 6) is -0.376. The summed E-state index contributed by atoms with van der Waals surface area (Å²) in [7, 11) is 1.37. The number of allylic oxidation sites excluding steroid dienone is 1. The Morgan fingerprint density at radius 2 is 1.66 bits per heavy atom. The fraction of sp³-hybridized carbons (Fsp3) is 0.120. The van der Waals surface area contributed by atoms with Crippen molar-refractivity contribution in [2.45, 2.75) is 13.3 Å². The van der Waals surface area contributed by atoms with E-state index in [0.717, 1.165) is 33.6 Å². The first-order chi connectivity index (χ1) is 14.1. The van der Waals surface area contributed by atoms with Crippen molar-refractivity contribution in [2.75, 3.05) is 12.0 Å². The Bertz CT molecular complexity index is 1120. The molecule has 0 aromatic heterocycles. The van der Waals surface area contributed by atoms with Gasteiger partial charge in [0.25, 0.3) is 5.91 Å². The number of nitrogens with zero attached hydrogens (tertiary/aromatic N) is 1. The molecule has 1 amide bonds. The van der Waals surface area contributed by atoms with E-state index in [1.807, 2.05) is 85.8 Å². The van der Waals surface area contributed by atoms with Crippen molar-refractivity contribution in [3.05, 3.63) is 95.6 Å². The van der Waals surface area contributed by atoms with E-state index in [9.17, 15) is 9.59 Å². The summed E-state index contributed by atoms with van der Waals surface area (Å²) in [6.45, 7) is 1.98. The maximum atomic E-state index is 13.5. The number of methoxy groups -OCH3 is 1. The number of ether oxygens (including phenoxy) is 1. The second-order valence-corrected chi connectivity index (χ2v) is 6.95. The van der Waals surface area contributed by atoms with Crippen LogP contribution in [-0.2, 0) is 20.7 Å². The summed E-state index contributed by atoms with van der Waals surface area (Å²) in [6.07, 6.45) is 0.166. The molecule has 0 fully saturated rings. The first-order valence-corrected chi connectivity index (χ1v) is 9.46. The summed E-state index contributed by atoms with van der Waals surface area (Å²) in [5.41, 5.74) is 5.96. The van der Waals surface area contributed by atoms with E-state index in [0.29, 0.717) is 5.57 Å². The Morgan fingerprint density at radius 3 is 2.41 bits per heavy atom. The second-order valence-electron chi connectivity index (χ2n) is 6.95. The van der Waals surface area contributed by atoms with Crippen LogP contribution in [0.2, 0.25) is 0 Å². The van der Waals surface area contributed by atoms with Crippen molar-refractivity contribution in [1.82, 2.24) is 0 Å². The molecule has 4 rings (SSSR count). The highest BCUT2D eigenvalue weighted by atomic mass is 16.5. The number of benzene rings is 3. The molecule has 4 heteroatoms. The molecule has 0 unspecified atom stereocenters. The topological polar surface area (TPSA) is 46.6 Å². The number of carbonyl (C=O) groups excluding carboxylic acids is 2. The molecular weight excluding hydrogens is 362 g/mol. The van der Waals surface area contributed by atoms with Crippen LogP contribution in [0.3, 0.4) is 0 Å². The highest BCUT2D eigenvalue weighted by molar-refractivity contribution is 6.39. The zero-order valence-corrected chi connectivity index (χ0v) is 16.4. The number of carbonyl (C=O) groups is 2. The SMILES string of the molecule is COC(=O)Cc1cccc(N2C(=O)C(=C(C)c3ccccc3)c3ccccc32)c1. The average Bonchev–Trinajstić information content (AvgIpc) is 3.05. The number of fused-ring (bicyclic) bond motifs is 1. The van der Waals surface area contributed by atoms with Crippen molar-refractivity contribution in [3.63, 3.8) is 0 Å². The van der Waals surface area contributed by atoms with Crippen LogP contribution in [0.25, 0.3) is 11.1 Å². The van der Waals surface area contributed by atoms with Gasteiger partial charge in [0.1, 0.15) is 0 Å². The Hall–Kier alpha value is -3.66. The van der Waals surface area contributed by atoms with Crippen molar-refractivity contribution < 1.29 is 14.3 Å². The predicted octanol–water partition coefficient (Wildman–Crippen LogP) is 5.01. The van der Waals surface area contributed by atoms with Gasteiger partial charge < -0.3 is 4.74 Å². The minimum absolute atomic E-state index is 0.0669. The molecule has 29 heavy (non-hydrogen) atoms. The molecule has 0 saturated carbocycles. The standard InChI is InChI=1S/C25H21NO3/c1-17(19-10-4-3-5-11-19)24-21-13-6-7-14-22(21)26(25(24)28)20-12-8-9-18(15-20)16-23(27)29-2/h3-15H,16H2,1-2H3. The molecule has 3 aromatic carbocycles. The van der Waals surface area contributed by atoms with Gasteiger partial charge in [0.05, 0.1) is 24.8 Å². The van der Waals surface area contributed by atoms with Crippen LogP contribution < -0.4 is 4.90 Å². The van der Waals surface area contributed by atoms with Gasteiger partial charge in [0, 0.05) is 11.3 Å². The van der Waals surface area contributed by atoms with Crippen LogP contribution in [0.15, 0.2) is 78.9 Å². The number of hydrogen-bond acceptors (Lipinski definition) is 3. The molecule has 1 heterocycles. The minimum atomic E-state index is -0.309. The fourth-order valence-electron chi connectivity index (χ4n) is 3.71. The number of amides is 1. The molecule has 0 aliphatic carbocycles. The summed E-state index contributed by atoms with van der Waals surface area (Å²) in [5, 5.41) is 0. The summed E-state index contributed by atoms with van der Waals surface area (Å²) in [4.78, 5) is 26.9. The van der Waals surface area contributed by atoms with Gasteiger partial charge in [-0.25, -0.2) is 0 Å². The third-order valence-corrected chi connectivity index (χ3v) is 5.16. The van der Waals surface area contributed by atoms with Gasteiger partial charge >= 0.3 is 5.97 Å². The van der Waals surface area contributed by atoms with E-state index in [2.05, 4.69) is 0 Å². The molecule has 3 aromatic rings. The number of rotatable bonds is 4. The van der Waals surface area contributed by atoms with E-state index in [1.54, 1.807) is 4.90 Å². The molecule has 0 atom stereocenters. The van der Waals surface area contributed by atoms with Gasteiger partial charge in [-0.1, -0.05) is 60.7 Å². The highest BCUT2D eigenvalue weighted by Crippen LogP contribution is 2.44. The third-order valence-electron chi connectivity index (χ3n) is 5.16. The van der Waals surface area contributed by atoms with Crippen molar-refractivity contribution in [3.8, 4) is 0 Å². The van der Waals surface area contributed by atoms with Gasteiger partial charge in [0.2, 0.25) is 0 Å². The molecule has 1 aliphatic heterocycles. The van der Waals surface area contributed by atoms with Crippen LogP contribution in [0, 0.1) is 0 Å². The van der Waals surface area contributed by atoms with E-state index >= 15 is 0 Å². The molecule has 0 N–H and O–H groups in total. The van der Waals surface area contributed by atoms with E-state index in [4.69, 9.17) is 4.74 Å². The van der Waals surface area contributed by atoms with Crippen LogP contribution in [0.5, 0.6) is 0 Å². The van der Waals surface area contributed by atoms with Crippen LogP contribution in [0.4, 0.5) is 11.4 Å². The van der Waals surface area contributed by atoms with Crippen molar-refractivity contribution >= 4 is 34.4 Å². The van der Waals surface area contributed by atoms with Gasteiger partial charge in [-0.2, -0.15) is 0 Å². The largest absolute Gasteiger partial charge is 0.469 e. The molecule has 0 saturated heterocycles. The van der Waals surface area contributed by atoms with Crippen LogP contribution >= 0.6 is 0 Å². The van der Waals surface area contributed by atoms with Crippen molar-refractivity contribution in [2.24, 2.45) is 0 Å². The molecule has 0 spiro atoms. The van der Waals surface area contributed by atoms with Crippen LogP contribution in [0.1, 0.15) is 23.6 Å². The van der Waals surface area contributed by atoms with Gasteiger partial charge in [0.15, 0.2) is 0 Å². The second kappa shape index (κ2) is 7.76. The van der Waals surface area contributed by atoms with Gasteiger partial charge in [-0.3, -0.25) is 14.5 Å². The maximum absolute atomic E-state index is 13.5. The maximum Gasteiger partial charge on any atom is 0.309 e. The molecule has 4 nitrogen and oxygen atoms in total. The zero-order chi connectivity index (χ0) is 20.4. The first kappa shape index (κ1) is 18.7. The molecular formula is C25H21NO3. The zero-order valence-electron chi connectivity index (χ0n) is 16.4. The summed E-state index contributed by atoms with van der Waals surface area (Å²) in [6, 6.07) is 25.2. The van der Waals surface area contributed by atoms with Gasteiger partial charge in [-0.05, 0) is 41.8 Å². The molecule has 144 valence electrons. The monoisotopic (exact) mass is 383 g/mol. The lowest BCUT2D eigenvalue weighted by Crippen LogP contribution is -2.21. The highest BCUT2D eigenvalue weighted by Gasteiger charge is 2.34. The van der Waals surface area contributed by atoms with E-state index in [1.165, 1.54) is 7.11 Å². The number of para-hydroxylation sites is 1. The Balaban J connectivity index is 1.82. The van der Waals surface area contributed by atoms with E-state index < -0.39 is 0 Å². The van der Waals surface area contributed by atoms with Gasteiger partial charge in [-0.15, -0.1) is 0 Å². The molecule has 0 bridgehead atoms. The lowest BCUT2D eigenvalue weighted by molar-refractivity contribution is -0.139. The number of esters is 1. The molecule has 0 radical (unpaired) electrons. The van der Waals surface area contributed by atoms with E-state index in [-0.39, 0.29) is 18.3 Å². The summed E-state index contributed by atoms with van der Waals surface area (Å²) >= 11 is 0.